The monoisotopic (exact) mass is 387 g/mol. The summed E-state index contributed by atoms with van der Waals surface area (Å²) in [4.78, 5) is 13.9. The lowest BCUT2D eigenvalue weighted by Crippen LogP contribution is -2.42. The lowest BCUT2D eigenvalue weighted by atomic mass is 10.1. The molecule has 6 nitrogen and oxygen atoms in total. The molecule has 2 unspecified atom stereocenters. The molecule has 2 aliphatic heterocycles. The summed E-state index contributed by atoms with van der Waals surface area (Å²) >= 11 is 0. The van der Waals surface area contributed by atoms with Crippen LogP contribution in [-0.2, 0) is 6.54 Å². The molecule has 0 aromatic carbocycles. The van der Waals surface area contributed by atoms with Gasteiger partial charge in [0.2, 0.25) is 5.88 Å². The molecule has 2 saturated heterocycles. The van der Waals surface area contributed by atoms with Crippen LogP contribution in [0.4, 0.5) is 0 Å². The van der Waals surface area contributed by atoms with Crippen LogP contribution in [0.3, 0.4) is 0 Å². The summed E-state index contributed by atoms with van der Waals surface area (Å²) in [7, 11) is 1.88. The van der Waals surface area contributed by atoms with Gasteiger partial charge in [-0.2, -0.15) is 0 Å². The van der Waals surface area contributed by atoms with E-state index in [2.05, 4.69) is 45.9 Å². The predicted octanol–water partition coefficient (Wildman–Crippen LogP) is 3.14. The van der Waals surface area contributed by atoms with Crippen LogP contribution in [0, 0.1) is 5.92 Å². The van der Waals surface area contributed by atoms with Gasteiger partial charge in [-0.1, -0.05) is 13.8 Å². The number of rotatable bonds is 7. The van der Waals surface area contributed by atoms with Crippen LogP contribution in [0.1, 0.15) is 52.0 Å². The summed E-state index contributed by atoms with van der Waals surface area (Å²) in [5.41, 5.74) is 1.16. The Morgan fingerprint density at radius 1 is 1.29 bits per heavy atom. The van der Waals surface area contributed by atoms with E-state index in [-0.39, 0.29) is 6.10 Å². The minimum absolute atomic E-state index is 0.176. The molecule has 1 aromatic heterocycles. The second-order valence-electron chi connectivity index (χ2n) is 8.59. The van der Waals surface area contributed by atoms with Crippen molar-refractivity contribution in [2.24, 2.45) is 10.9 Å². The van der Waals surface area contributed by atoms with Gasteiger partial charge in [0.25, 0.3) is 0 Å². The number of hydrogen-bond donors (Lipinski definition) is 1. The van der Waals surface area contributed by atoms with Crippen LogP contribution in [0.15, 0.2) is 23.3 Å². The SMILES string of the molecule is CN=C(NCc1ccnc(OC(C)CC(C)C)c1)N1CCC(N2CCCC2)C1. The number of ether oxygens (including phenoxy) is 1. The molecule has 3 rings (SSSR count). The van der Waals surface area contributed by atoms with E-state index in [0.717, 1.165) is 37.6 Å². The lowest BCUT2D eigenvalue weighted by molar-refractivity contribution is 0.185. The molecule has 0 amide bonds. The Morgan fingerprint density at radius 3 is 2.79 bits per heavy atom. The summed E-state index contributed by atoms with van der Waals surface area (Å²) in [5.74, 6) is 2.32. The van der Waals surface area contributed by atoms with Crippen LogP contribution in [0.5, 0.6) is 5.88 Å². The summed E-state index contributed by atoms with van der Waals surface area (Å²) < 4.78 is 5.98. The van der Waals surface area contributed by atoms with Gasteiger partial charge in [-0.3, -0.25) is 9.89 Å². The highest BCUT2D eigenvalue weighted by molar-refractivity contribution is 5.80. The highest BCUT2D eigenvalue weighted by atomic mass is 16.5. The Kier molecular flexibility index (Phi) is 7.54. The topological polar surface area (TPSA) is 53.0 Å². The van der Waals surface area contributed by atoms with Crippen LogP contribution in [0.25, 0.3) is 0 Å². The van der Waals surface area contributed by atoms with E-state index in [1.54, 1.807) is 0 Å². The van der Waals surface area contributed by atoms with Crippen LogP contribution in [0.2, 0.25) is 0 Å². The molecule has 156 valence electrons. The first-order valence-corrected chi connectivity index (χ1v) is 10.9. The highest BCUT2D eigenvalue weighted by Gasteiger charge is 2.30. The maximum atomic E-state index is 5.98. The molecule has 2 fully saturated rings. The molecule has 0 bridgehead atoms. The number of likely N-dealkylation sites (tertiary alicyclic amines) is 2. The van der Waals surface area contributed by atoms with Gasteiger partial charge in [-0.05, 0) is 63.2 Å². The van der Waals surface area contributed by atoms with Crippen molar-refractivity contribution < 1.29 is 4.74 Å². The van der Waals surface area contributed by atoms with Crippen molar-refractivity contribution in [2.45, 2.75) is 65.1 Å². The molecule has 1 aromatic rings. The number of guanidine groups is 1. The molecule has 0 saturated carbocycles. The zero-order valence-electron chi connectivity index (χ0n) is 18.0. The summed E-state index contributed by atoms with van der Waals surface area (Å²) in [5, 5.41) is 3.53. The van der Waals surface area contributed by atoms with Gasteiger partial charge in [0, 0.05) is 45.0 Å². The fraction of sp³-hybridized carbons (Fsp3) is 0.727. The quantitative estimate of drug-likeness (QED) is 0.575. The lowest BCUT2D eigenvalue weighted by Gasteiger charge is -2.25. The van der Waals surface area contributed by atoms with Crippen molar-refractivity contribution >= 4 is 5.96 Å². The van der Waals surface area contributed by atoms with Crippen LogP contribution < -0.4 is 10.1 Å². The number of pyridine rings is 1. The molecular weight excluding hydrogens is 350 g/mol. The third-order valence-corrected chi connectivity index (χ3v) is 5.71. The van der Waals surface area contributed by atoms with Crippen molar-refractivity contribution in [1.29, 1.82) is 0 Å². The normalized spacial score (nSPS) is 22.1. The van der Waals surface area contributed by atoms with E-state index in [4.69, 9.17) is 4.74 Å². The summed E-state index contributed by atoms with van der Waals surface area (Å²) in [6.45, 7) is 12.0. The largest absolute Gasteiger partial charge is 0.475 e. The van der Waals surface area contributed by atoms with Crippen molar-refractivity contribution in [3.63, 3.8) is 0 Å². The molecule has 0 radical (unpaired) electrons. The Balaban J connectivity index is 1.50. The van der Waals surface area contributed by atoms with Gasteiger partial charge in [0.15, 0.2) is 5.96 Å². The fourth-order valence-corrected chi connectivity index (χ4v) is 4.40. The molecule has 6 heteroatoms. The predicted molar refractivity (Wildman–Crippen MR) is 115 cm³/mol. The molecule has 3 heterocycles. The van der Waals surface area contributed by atoms with Gasteiger partial charge in [-0.25, -0.2) is 4.98 Å². The fourth-order valence-electron chi connectivity index (χ4n) is 4.40. The number of hydrogen-bond acceptors (Lipinski definition) is 4. The minimum atomic E-state index is 0.176. The van der Waals surface area contributed by atoms with Gasteiger partial charge in [0.05, 0.1) is 6.10 Å². The second-order valence-corrected chi connectivity index (χ2v) is 8.59. The number of nitrogens with zero attached hydrogens (tertiary/aromatic N) is 4. The van der Waals surface area contributed by atoms with Gasteiger partial charge >= 0.3 is 0 Å². The molecule has 2 atom stereocenters. The van der Waals surface area contributed by atoms with E-state index in [0.29, 0.717) is 17.8 Å². The first-order chi connectivity index (χ1) is 13.5. The summed E-state index contributed by atoms with van der Waals surface area (Å²) in [6, 6.07) is 4.76. The average molecular weight is 388 g/mol. The van der Waals surface area contributed by atoms with Crippen LogP contribution in [-0.4, -0.2) is 66.1 Å². The standard InChI is InChI=1S/C22H37N5O/c1-17(2)13-18(3)28-21-14-19(7-9-24-21)15-25-22(23-4)27-12-8-20(16-27)26-10-5-6-11-26/h7,9,14,17-18,20H,5-6,8,10-13,15-16H2,1-4H3,(H,23,25). The number of aliphatic imine (C=N–C) groups is 1. The van der Waals surface area contributed by atoms with Crippen molar-refractivity contribution in [3.8, 4) is 5.88 Å². The van der Waals surface area contributed by atoms with Gasteiger partial charge in [-0.15, -0.1) is 0 Å². The third-order valence-electron chi connectivity index (χ3n) is 5.71. The minimum Gasteiger partial charge on any atom is -0.475 e. The van der Waals surface area contributed by atoms with E-state index in [9.17, 15) is 0 Å². The Morgan fingerprint density at radius 2 is 2.07 bits per heavy atom. The maximum absolute atomic E-state index is 5.98. The van der Waals surface area contributed by atoms with Crippen molar-refractivity contribution in [1.82, 2.24) is 20.1 Å². The molecule has 28 heavy (non-hydrogen) atoms. The molecular formula is C22H37N5O. The van der Waals surface area contributed by atoms with E-state index in [1.165, 1.54) is 32.4 Å². The van der Waals surface area contributed by atoms with E-state index in [1.807, 2.05) is 25.4 Å². The third kappa shape index (κ3) is 5.84. The van der Waals surface area contributed by atoms with Gasteiger partial charge < -0.3 is 15.0 Å². The summed E-state index contributed by atoms with van der Waals surface area (Å²) in [6.07, 6.45) is 6.98. The highest BCUT2D eigenvalue weighted by Crippen LogP contribution is 2.20. The molecule has 2 aliphatic rings. The first-order valence-electron chi connectivity index (χ1n) is 10.9. The number of aromatic nitrogens is 1. The maximum Gasteiger partial charge on any atom is 0.213 e. The zero-order valence-corrected chi connectivity index (χ0v) is 18.0. The molecule has 1 N–H and O–H groups in total. The Hall–Kier alpha value is -1.82. The van der Waals surface area contributed by atoms with Crippen molar-refractivity contribution in [2.75, 3.05) is 33.2 Å². The Bertz CT molecular complexity index is 642. The smallest absolute Gasteiger partial charge is 0.213 e. The number of nitrogens with one attached hydrogen (secondary N) is 1. The average Bonchev–Trinajstić information content (AvgIpc) is 3.33. The van der Waals surface area contributed by atoms with Gasteiger partial charge in [0.1, 0.15) is 0 Å². The van der Waals surface area contributed by atoms with E-state index >= 15 is 0 Å². The van der Waals surface area contributed by atoms with E-state index < -0.39 is 0 Å². The Labute approximate surface area is 170 Å². The molecule has 0 spiro atoms. The van der Waals surface area contributed by atoms with Crippen LogP contribution >= 0.6 is 0 Å². The molecule has 0 aliphatic carbocycles. The zero-order chi connectivity index (χ0) is 19.9. The van der Waals surface area contributed by atoms with Crippen molar-refractivity contribution in [3.05, 3.63) is 23.9 Å². The first kappa shape index (κ1) is 20.9. The second kappa shape index (κ2) is 10.1.